The Bertz CT molecular complexity index is 558. The number of unbranched alkanes of at least 4 members (excludes halogenated alkanes) is 11. The van der Waals surface area contributed by atoms with Gasteiger partial charge in [-0.3, -0.25) is 0 Å². The molecule has 0 rings (SSSR count). The van der Waals surface area contributed by atoms with Crippen molar-refractivity contribution in [1.82, 2.24) is 0 Å². The van der Waals surface area contributed by atoms with Gasteiger partial charge in [0.15, 0.2) is 0 Å². The van der Waals surface area contributed by atoms with E-state index in [-0.39, 0.29) is 31.5 Å². The van der Waals surface area contributed by atoms with Crippen molar-refractivity contribution in [1.29, 1.82) is 0 Å². The summed E-state index contributed by atoms with van der Waals surface area (Å²) < 4.78 is 17.4. The molecule has 0 radical (unpaired) electrons. The van der Waals surface area contributed by atoms with Crippen LogP contribution in [0.15, 0.2) is 5.11 Å². The minimum Gasteiger partial charge on any atom is -0.390 e. The van der Waals surface area contributed by atoms with E-state index >= 15 is 0 Å². The summed E-state index contributed by atoms with van der Waals surface area (Å²) in [6.45, 7) is 12.0. The van der Waals surface area contributed by atoms with Crippen LogP contribution in [0.3, 0.4) is 0 Å². The third-order valence-electron chi connectivity index (χ3n) is 6.60. The summed E-state index contributed by atoms with van der Waals surface area (Å²) in [6, 6.07) is -0.682. The van der Waals surface area contributed by atoms with E-state index in [1.54, 1.807) is 0 Å². The highest BCUT2D eigenvalue weighted by molar-refractivity contribution is 4.84. The average Bonchev–Trinajstić information content (AvgIpc) is 2.85. The van der Waals surface area contributed by atoms with E-state index in [4.69, 9.17) is 19.7 Å². The molecular formula is C29H59N3O5. The van der Waals surface area contributed by atoms with Crippen LogP contribution in [-0.2, 0) is 14.2 Å². The minimum absolute atomic E-state index is 0.00910. The van der Waals surface area contributed by atoms with Gasteiger partial charge >= 0.3 is 0 Å². The van der Waals surface area contributed by atoms with Crippen molar-refractivity contribution in [2.75, 3.05) is 13.2 Å². The fraction of sp³-hybridized carbons (Fsp3) is 1.00. The van der Waals surface area contributed by atoms with Gasteiger partial charge in [-0.15, -0.1) is 0 Å². The normalized spacial score (nSPS) is 15.9. The molecule has 0 saturated heterocycles. The number of azide groups is 1. The fourth-order valence-electron chi connectivity index (χ4n) is 4.60. The standard InChI is InChI=1S/C29H59N3O5/c1-7-9-10-11-12-13-14-15-16-17-18-19-20-26(33)29(37-24(5)6)25(31-32-30)21-35-22-27(34)28(8-2)36-23(3)4/h23-29,33-34H,7-22H2,1-6H3/t25-,26+,27-,28-,29-/m0/s1. The van der Waals surface area contributed by atoms with Gasteiger partial charge in [0.05, 0.1) is 49.8 Å². The van der Waals surface area contributed by atoms with Crippen LogP contribution in [0.2, 0.25) is 0 Å². The molecule has 0 heterocycles. The first-order valence-corrected chi connectivity index (χ1v) is 15.1. The molecule has 0 bridgehead atoms. The van der Waals surface area contributed by atoms with Crippen LogP contribution in [-0.4, -0.2) is 66.1 Å². The number of hydrogen-bond donors (Lipinski definition) is 2. The highest BCUT2D eigenvalue weighted by Crippen LogP contribution is 2.19. The van der Waals surface area contributed by atoms with Gasteiger partial charge in [0, 0.05) is 4.91 Å². The molecule has 0 fully saturated rings. The van der Waals surface area contributed by atoms with Crippen LogP contribution in [0, 0.1) is 0 Å². The summed E-state index contributed by atoms with van der Waals surface area (Å²) in [5, 5.41) is 25.2. The maximum absolute atomic E-state index is 10.9. The van der Waals surface area contributed by atoms with Gasteiger partial charge in [-0.1, -0.05) is 96.0 Å². The lowest BCUT2D eigenvalue weighted by molar-refractivity contribution is -0.110. The molecule has 0 aliphatic heterocycles. The van der Waals surface area contributed by atoms with Crippen LogP contribution >= 0.6 is 0 Å². The lowest BCUT2D eigenvalue weighted by Gasteiger charge is -2.30. The number of hydrogen-bond acceptors (Lipinski definition) is 6. The summed E-state index contributed by atoms with van der Waals surface area (Å²) in [5.41, 5.74) is 9.12. The molecule has 2 N–H and O–H groups in total. The summed E-state index contributed by atoms with van der Waals surface area (Å²) in [5.74, 6) is 0. The summed E-state index contributed by atoms with van der Waals surface area (Å²) in [4.78, 5) is 2.97. The average molecular weight is 530 g/mol. The zero-order valence-corrected chi connectivity index (χ0v) is 24.8. The van der Waals surface area contributed by atoms with Gasteiger partial charge < -0.3 is 24.4 Å². The molecule has 220 valence electrons. The van der Waals surface area contributed by atoms with E-state index in [1.165, 1.54) is 64.2 Å². The lowest BCUT2D eigenvalue weighted by Crippen LogP contribution is -2.43. The summed E-state index contributed by atoms with van der Waals surface area (Å²) in [6.07, 6.45) is 13.8. The molecule has 0 spiro atoms. The smallest absolute Gasteiger partial charge is 0.103 e. The first-order valence-electron chi connectivity index (χ1n) is 15.1. The van der Waals surface area contributed by atoms with Crippen LogP contribution in [0.5, 0.6) is 0 Å². The number of nitrogens with zero attached hydrogens (tertiary/aromatic N) is 3. The van der Waals surface area contributed by atoms with E-state index in [1.807, 2.05) is 34.6 Å². The number of aliphatic hydroxyl groups is 2. The van der Waals surface area contributed by atoms with Gasteiger partial charge in [0.2, 0.25) is 0 Å². The molecule has 0 aromatic carbocycles. The molecule has 0 aliphatic carbocycles. The molecule has 0 aliphatic rings. The molecule has 5 atom stereocenters. The molecule has 0 aromatic rings. The highest BCUT2D eigenvalue weighted by Gasteiger charge is 2.30. The van der Waals surface area contributed by atoms with Crippen LogP contribution < -0.4 is 0 Å². The van der Waals surface area contributed by atoms with Crippen molar-refractivity contribution in [3.8, 4) is 0 Å². The highest BCUT2D eigenvalue weighted by atomic mass is 16.5. The maximum atomic E-state index is 10.9. The van der Waals surface area contributed by atoms with Gasteiger partial charge in [-0.25, -0.2) is 0 Å². The van der Waals surface area contributed by atoms with Gasteiger partial charge in [0.1, 0.15) is 6.10 Å². The van der Waals surface area contributed by atoms with E-state index in [2.05, 4.69) is 16.9 Å². The SMILES string of the molecule is CCCCCCCCCCCCCC[C@@H](O)[C@@H](OC(C)C)[C@H](COC[C@H](O)[C@H](CC)OC(C)C)N=[N+]=[N-]. The van der Waals surface area contributed by atoms with Crippen LogP contribution in [0.4, 0.5) is 0 Å². The van der Waals surface area contributed by atoms with E-state index in [0.29, 0.717) is 12.8 Å². The second-order valence-electron chi connectivity index (χ2n) is 10.9. The Morgan fingerprint density at radius 3 is 1.68 bits per heavy atom. The number of ether oxygens (including phenoxy) is 3. The van der Waals surface area contributed by atoms with Crippen molar-refractivity contribution in [2.24, 2.45) is 5.11 Å². The summed E-state index contributed by atoms with van der Waals surface area (Å²) in [7, 11) is 0. The predicted molar refractivity (Wildman–Crippen MR) is 152 cm³/mol. The molecular weight excluding hydrogens is 470 g/mol. The molecule has 0 saturated carbocycles. The van der Waals surface area contributed by atoms with E-state index < -0.39 is 24.4 Å². The largest absolute Gasteiger partial charge is 0.390 e. The molecule has 8 nitrogen and oxygen atoms in total. The first kappa shape index (κ1) is 36.1. The minimum atomic E-state index is -0.783. The lowest BCUT2D eigenvalue weighted by atomic mass is 9.99. The maximum Gasteiger partial charge on any atom is 0.103 e. The summed E-state index contributed by atoms with van der Waals surface area (Å²) >= 11 is 0. The second-order valence-corrected chi connectivity index (χ2v) is 10.9. The Kier molecular flexibility index (Phi) is 23.6. The quantitative estimate of drug-likeness (QED) is 0.0521. The third-order valence-corrected chi connectivity index (χ3v) is 6.60. The first-order chi connectivity index (χ1) is 17.8. The van der Waals surface area contributed by atoms with Crippen molar-refractivity contribution in [2.45, 2.75) is 174 Å². The topological polar surface area (TPSA) is 117 Å². The van der Waals surface area contributed by atoms with Gasteiger partial charge in [-0.05, 0) is 46.1 Å². The Morgan fingerprint density at radius 2 is 1.22 bits per heavy atom. The molecule has 0 amide bonds. The fourth-order valence-corrected chi connectivity index (χ4v) is 4.60. The number of aliphatic hydroxyl groups excluding tert-OH is 2. The van der Waals surface area contributed by atoms with Crippen LogP contribution in [0.25, 0.3) is 10.4 Å². The zero-order valence-electron chi connectivity index (χ0n) is 24.8. The van der Waals surface area contributed by atoms with Gasteiger partial charge in [0.25, 0.3) is 0 Å². The molecule has 37 heavy (non-hydrogen) atoms. The predicted octanol–water partition coefficient (Wildman–Crippen LogP) is 7.49. The van der Waals surface area contributed by atoms with Crippen LogP contribution in [0.1, 0.15) is 131 Å². The van der Waals surface area contributed by atoms with Crippen molar-refractivity contribution < 1.29 is 24.4 Å². The second kappa shape index (κ2) is 24.2. The third kappa shape index (κ3) is 19.8. The van der Waals surface area contributed by atoms with Crippen molar-refractivity contribution >= 4 is 0 Å². The number of rotatable bonds is 26. The zero-order chi connectivity index (χ0) is 27.9. The molecule has 0 aromatic heterocycles. The Labute approximate surface area is 227 Å². The Balaban J connectivity index is 4.49. The van der Waals surface area contributed by atoms with E-state index in [9.17, 15) is 10.2 Å². The monoisotopic (exact) mass is 529 g/mol. The van der Waals surface area contributed by atoms with E-state index in [0.717, 1.165) is 12.8 Å². The molecule has 8 heteroatoms. The van der Waals surface area contributed by atoms with Crippen molar-refractivity contribution in [3.63, 3.8) is 0 Å². The van der Waals surface area contributed by atoms with Gasteiger partial charge in [-0.2, -0.15) is 0 Å². The van der Waals surface area contributed by atoms with Crippen molar-refractivity contribution in [3.05, 3.63) is 10.4 Å². The Hall–Kier alpha value is -0.890. The Morgan fingerprint density at radius 1 is 0.703 bits per heavy atom. The molecule has 0 unspecified atom stereocenters.